The molecular weight excluding hydrogens is 228 g/mol. The van der Waals surface area contributed by atoms with Gasteiger partial charge in [-0.05, 0) is 11.6 Å². The van der Waals surface area contributed by atoms with E-state index in [1.54, 1.807) is 36.4 Å². The van der Waals surface area contributed by atoms with Crippen LogP contribution >= 0.6 is 0 Å². The SMILES string of the molecule is Nc1ccccc1C(=NO)C(O)c1ccccc1. The Hall–Kier alpha value is -2.33. The summed E-state index contributed by atoms with van der Waals surface area (Å²) in [5, 5.41) is 22.5. The van der Waals surface area contributed by atoms with Crippen molar-refractivity contribution < 1.29 is 10.3 Å². The fourth-order valence-corrected chi connectivity index (χ4v) is 1.78. The van der Waals surface area contributed by atoms with E-state index in [2.05, 4.69) is 5.16 Å². The lowest BCUT2D eigenvalue weighted by Crippen LogP contribution is -2.15. The Morgan fingerprint density at radius 1 is 1.00 bits per heavy atom. The van der Waals surface area contributed by atoms with Gasteiger partial charge in [0.25, 0.3) is 0 Å². The van der Waals surface area contributed by atoms with E-state index in [-0.39, 0.29) is 5.71 Å². The van der Waals surface area contributed by atoms with Crippen molar-refractivity contribution >= 4 is 11.4 Å². The summed E-state index contributed by atoms with van der Waals surface area (Å²) in [7, 11) is 0. The second-order valence-electron chi connectivity index (χ2n) is 3.89. The van der Waals surface area contributed by atoms with Crippen LogP contribution in [-0.2, 0) is 0 Å². The summed E-state index contributed by atoms with van der Waals surface area (Å²) in [6.07, 6.45) is -1.01. The van der Waals surface area contributed by atoms with E-state index >= 15 is 0 Å². The first kappa shape index (κ1) is 12.1. The van der Waals surface area contributed by atoms with E-state index in [1.807, 2.05) is 18.2 Å². The largest absolute Gasteiger partial charge is 0.411 e. The molecule has 0 aliphatic rings. The van der Waals surface area contributed by atoms with Gasteiger partial charge in [-0.3, -0.25) is 0 Å². The highest BCUT2D eigenvalue weighted by Crippen LogP contribution is 2.22. The lowest BCUT2D eigenvalue weighted by atomic mass is 9.98. The van der Waals surface area contributed by atoms with Crippen molar-refractivity contribution in [2.45, 2.75) is 6.10 Å². The van der Waals surface area contributed by atoms with E-state index in [9.17, 15) is 5.11 Å². The molecule has 0 spiro atoms. The van der Waals surface area contributed by atoms with Crippen LogP contribution in [0.15, 0.2) is 59.8 Å². The van der Waals surface area contributed by atoms with Crippen molar-refractivity contribution in [1.82, 2.24) is 0 Å². The predicted molar refractivity (Wildman–Crippen MR) is 70.6 cm³/mol. The normalized spacial score (nSPS) is 13.3. The molecular formula is C14H14N2O2. The summed E-state index contributed by atoms with van der Waals surface area (Å²) in [6.45, 7) is 0. The molecule has 1 atom stereocenters. The molecule has 4 nitrogen and oxygen atoms in total. The molecule has 0 saturated heterocycles. The molecule has 0 bridgehead atoms. The number of nitrogens with zero attached hydrogens (tertiary/aromatic N) is 1. The van der Waals surface area contributed by atoms with Crippen LogP contribution in [0.3, 0.4) is 0 Å². The van der Waals surface area contributed by atoms with E-state index < -0.39 is 6.10 Å². The maximum absolute atomic E-state index is 10.2. The molecule has 2 aromatic rings. The van der Waals surface area contributed by atoms with Crippen molar-refractivity contribution in [2.75, 3.05) is 5.73 Å². The maximum atomic E-state index is 10.2. The summed E-state index contributed by atoms with van der Waals surface area (Å²) in [5.41, 5.74) is 7.58. The molecule has 92 valence electrons. The van der Waals surface area contributed by atoms with Gasteiger partial charge in [0, 0.05) is 11.3 Å². The van der Waals surface area contributed by atoms with Gasteiger partial charge in [0.1, 0.15) is 11.8 Å². The van der Waals surface area contributed by atoms with Crippen LogP contribution in [0.4, 0.5) is 5.69 Å². The van der Waals surface area contributed by atoms with Crippen LogP contribution in [0.5, 0.6) is 0 Å². The first-order chi connectivity index (χ1) is 8.74. The Balaban J connectivity index is 2.40. The van der Waals surface area contributed by atoms with Gasteiger partial charge in [0.05, 0.1) is 0 Å². The van der Waals surface area contributed by atoms with Crippen molar-refractivity contribution in [3.05, 3.63) is 65.7 Å². The summed E-state index contributed by atoms with van der Waals surface area (Å²) in [5.74, 6) is 0. The number of para-hydroxylation sites is 1. The van der Waals surface area contributed by atoms with Crippen LogP contribution in [0.2, 0.25) is 0 Å². The molecule has 4 N–H and O–H groups in total. The van der Waals surface area contributed by atoms with Crippen molar-refractivity contribution in [3.63, 3.8) is 0 Å². The standard InChI is InChI=1S/C14H14N2O2/c15-12-9-5-4-8-11(12)13(16-18)14(17)10-6-2-1-3-7-10/h1-9,14,17-18H,15H2. The Morgan fingerprint density at radius 3 is 2.22 bits per heavy atom. The van der Waals surface area contributed by atoms with Crippen LogP contribution in [0, 0.1) is 0 Å². The molecule has 0 heterocycles. The summed E-state index contributed by atoms with van der Waals surface area (Å²) >= 11 is 0. The molecule has 0 aromatic heterocycles. The molecule has 0 aliphatic carbocycles. The van der Waals surface area contributed by atoms with Gasteiger partial charge < -0.3 is 16.0 Å². The molecule has 2 rings (SSSR count). The highest BCUT2D eigenvalue weighted by atomic mass is 16.4. The Labute approximate surface area is 105 Å². The number of aliphatic hydroxyl groups excluding tert-OH is 1. The zero-order chi connectivity index (χ0) is 13.0. The zero-order valence-electron chi connectivity index (χ0n) is 9.69. The summed E-state index contributed by atoms with van der Waals surface area (Å²) < 4.78 is 0. The number of rotatable bonds is 3. The number of oxime groups is 1. The lowest BCUT2D eigenvalue weighted by Gasteiger charge is -2.14. The second kappa shape index (κ2) is 5.33. The Kier molecular flexibility index (Phi) is 3.60. The average Bonchev–Trinajstić information content (AvgIpc) is 2.42. The first-order valence-corrected chi connectivity index (χ1v) is 5.54. The molecule has 0 amide bonds. The van der Waals surface area contributed by atoms with Crippen molar-refractivity contribution in [3.8, 4) is 0 Å². The molecule has 18 heavy (non-hydrogen) atoms. The van der Waals surface area contributed by atoms with Gasteiger partial charge in [-0.15, -0.1) is 0 Å². The molecule has 0 radical (unpaired) electrons. The van der Waals surface area contributed by atoms with Gasteiger partial charge in [-0.1, -0.05) is 53.7 Å². The fourth-order valence-electron chi connectivity index (χ4n) is 1.78. The number of benzene rings is 2. The Morgan fingerprint density at radius 2 is 1.61 bits per heavy atom. The zero-order valence-corrected chi connectivity index (χ0v) is 9.69. The second-order valence-corrected chi connectivity index (χ2v) is 3.89. The third-order valence-electron chi connectivity index (χ3n) is 2.72. The van der Waals surface area contributed by atoms with Crippen molar-refractivity contribution in [1.29, 1.82) is 0 Å². The number of nitrogen functional groups attached to an aromatic ring is 1. The third-order valence-corrected chi connectivity index (χ3v) is 2.72. The number of hydrogen-bond acceptors (Lipinski definition) is 4. The minimum atomic E-state index is -1.01. The average molecular weight is 242 g/mol. The van der Waals surface area contributed by atoms with Crippen molar-refractivity contribution in [2.24, 2.45) is 5.16 Å². The predicted octanol–water partition coefficient (Wildman–Crippen LogP) is 2.18. The van der Waals surface area contributed by atoms with Crippen LogP contribution in [0.1, 0.15) is 17.2 Å². The lowest BCUT2D eigenvalue weighted by molar-refractivity contribution is 0.235. The van der Waals surface area contributed by atoms with E-state index in [0.717, 1.165) is 0 Å². The van der Waals surface area contributed by atoms with E-state index in [4.69, 9.17) is 10.9 Å². The summed E-state index contributed by atoms with van der Waals surface area (Å²) in [6, 6.07) is 15.9. The Bertz CT molecular complexity index is 553. The number of nitrogens with two attached hydrogens (primary N) is 1. The number of hydrogen-bond donors (Lipinski definition) is 3. The molecule has 2 aromatic carbocycles. The van der Waals surface area contributed by atoms with Gasteiger partial charge in [0.15, 0.2) is 0 Å². The van der Waals surface area contributed by atoms with E-state index in [1.165, 1.54) is 0 Å². The third kappa shape index (κ3) is 2.33. The topological polar surface area (TPSA) is 78.8 Å². The van der Waals surface area contributed by atoms with Gasteiger partial charge in [0.2, 0.25) is 0 Å². The number of anilines is 1. The molecule has 4 heteroatoms. The monoisotopic (exact) mass is 242 g/mol. The first-order valence-electron chi connectivity index (χ1n) is 5.54. The van der Waals surface area contributed by atoms with Gasteiger partial charge in [-0.25, -0.2) is 0 Å². The minimum Gasteiger partial charge on any atom is -0.411 e. The van der Waals surface area contributed by atoms with Crippen LogP contribution < -0.4 is 5.73 Å². The highest BCUT2D eigenvalue weighted by molar-refractivity contribution is 6.07. The summed E-state index contributed by atoms with van der Waals surface area (Å²) in [4.78, 5) is 0. The fraction of sp³-hybridized carbons (Fsp3) is 0.0714. The quantitative estimate of drug-likeness (QED) is 0.334. The van der Waals surface area contributed by atoms with Gasteiger partial charge in [-0.2, -0.15) is 0 Å². The van der Waals surface area contributed by atoms with Gasteiger partial charge >= 0.3 is 0 Å². The molecule has 0 aliphatic heterocycles. The van der Waals surface area contributed by atoms with E-state index in [0.29, 0.717) is 16.8 Å². The molecule has 1 unspecified atom stereocenters. The number of aliphatic hydroxyl groups is 1. The smallest absolute Gasteiger partial charge is 0.125 e. The highest BCUT2D eigenvalue weighted by Gasteiger charge is 2.19. The van der Waals surface area contributed by atoms with Crippen LogP contribution in [0.25, 0.3) is 0 Å². The minimum absolute atomic E-state index is 0.138. The molecule has 0 fully saturated rings. The van der Waals surface area contributed by atoms with Crippen LogP contribution in [-0.4, -0.2) is 16.0 Å². The maximum Gasteiger partial charge on any atom is 0.125 e. The molecule has 0 saturated carbocycles.